The van der Waals surface area contributed by atoms with E-state index in [0.717, 1.165) is 23.8 Å². The fourth-order valence-corrected chi connectivity index (χ4v) is 3.60. The van der Waals surface area contributed by atoms with Crippen molar-refractivity contribution < 1.29 is 14.2 Å². The summed E-state index contributed by atoms with van der Waals surface area (Å²) in [7, 11) is 0. The molecule has 2 aromatic rings. The van der Waals surface area contributed by atoms with Crippen molar-refractivity contribution in [2.24, 2.45) is 0 Å². The summed E-state index contributed by atoms with van der Waals surface area (Å²) in [6, 6.07) is 13.0. The average Bonchev–Trinajstić information content (AvgIpc) is 2.99. The van der Waals surface area contributed by atoms with Gasteiger partial charge in [0.15, 0.2) is 11.5 Å². The van der Waals surface area contributed by atoms with Gasteiger partial charge in [0, 0.05) is 24.1 Å². The molecule has 0 amide bonds. The molecule has 0 aromatic heterocycles. The first kappa shape index (κ1) is 11.5. The van der Waals surface area contributed by atoms with E-state index in [1.165, 1.54) is 16.7 Å². The van der Waals surface area contributed by atoms with Crippen LogP contribution in [0, 0.1) is 0 Å². The van der Waals surface area contributed by atoms with Crippen molar-refractivity contribution in [3.8, 4) is 17.2 Å². The van der Waals surface area contributed by atoms with Crippen LogP contribution in [-0.4, -0.2) is 19.4 Å². The fourth-order valence-electron chi connectivity index (χ4n) is 3.60. The molecule has 0 saturated carbocycles. The lowest BCUT2D eigenvalue weighted by Gasteiger charge is -2.39. The van der Waals surface area contributed by atoms with Crippen LogP contribution in [0.1, 0.15) is 22.6 Å². The molecular weight excluding hydrogens is 266 g/mol. The van der Waals surface area contributed by atoms with Gasteiger partial charge in [0.2, 0.25) is 6.79 Å². The lowest BCUT2D eigenvalue weighted by Crippen LogP contribution is -2.46. The molecule has 0 fully saturated rings. The van der Waals surface area contributed by atoms with E-state index in [-0.39, 0.29) is 0 Å². The fraction of sp³-hybridized carbons (Fsp3) is 0.294. The number of rotatable bonds is 0. The van der Waals surface area contributed by atoms with Crippen molar-refractivity contribution >= 4 is 0 Å². The van der Waals surface area contributed by atoms with Crippen molar-refractivity contribution in [3.05, 3.63) is 53.1 Å². The smallest absolute Gasteiger partial charge is 0.231 e. The Bertz CT molecular complexity index is 728. The average molecular weight is 281 g/mol. The molecular formula is C17H15NO3. The SMILES string of the molecule is c1ccc2c(c1)CN[C@@H]1COc3cc4c(cc3[C@@H]21)OCO4. The van der Waals surface area contributed by atoms with Crippen LogP contribution >= 0.6 is 0 Å². The van der Waals surface area contributed by atoms with Crippen molar-refractivity contribution in [2.75, 3.05) is 13.4 Å². The Hall–Kier alpha value is -2.20. The van der Waals surface area contributed by atoms with Gasteiger partial charge in [-0.15, -0.1) is 0 Å². The van der Waals surface area contributed by atoms with Crippen molar-refractivity contribution in [2.45, 2.75) is 18.5 Å². The van der Waals surface area contributed by atoms with E-state index < -0.39 is 0 Å². The Balaban J connectivity index is 1.71. The highest BCUT2D eigenvalue weighted by Gasteiger charge is 2.37. The topological polar surface area (TPSA) is 39.7 Å². The largest absolute Gasteiger partial charge is 0.491 e. The molecule has 106 valence electrons. The molecule has 3 aliphatic rings. The monoisotopic (exact) mass is 281 g/mol. The first-order chi connectivity index (χ1) is 10.4. The molecule has 5 rings (SSSR count). The summed E-state index contributed by atoms with van der Waals surface area (Å²) in [6.07, 6.45) is 0. The normalized spacial score (nSPS) is 24.6. The number of hydrogen-bond donors (Lipinski definition) is 1. The molecule has 4 nitrogen and oxygen atoms in total. The summed E-state index contributed by atoms with van der Waals surface area (Å²) in [5.41, 5.74) is 3.95. The van der Waals surface area contributed by atoms with Gasteiger partial charge in [-0.05, 0) is 17.2 Å². The van der Waals surface area contributed by atoms with Gasteiger partial charge in [-0.2, -0.15) is 0 Å². The first-order valence-corrected chi connectivity index (χ1v) is 7.28. The predicted molar refractivity (Wildman–Crippen MR) is 77.0 cm³/mol. The van der Waals surface area contributed by atoms with Crippen LogP contribution in [0.5, 0.6) is 17.2 Å². The van der Waals surface area contributed by atoms with Crippen LogP contribution in [0.3, 0.4) is 0 Å². The maximum Gasteiger partial charge on any atom is 0.231 e. The summed E-state index contributed by atoms with van der Waals surface area (Å²) in [5, 5.41) is 3.59. The van der Waals surface area contributed by atoms with Gasteiger partial charge in [-0.3, -0.25) is 0 Å². The Kier molecular flexibility index (Phi) is 2.26. The quantitative estimate of drug-likeness (QED) is 0.805. The first-order valence-electron chi connectivity index (χ1n) is 7.28. The summed E-state index contributed by atoms with van der Waals surface area (Å²) in [5.74, 6) is 2.83. The van der Waals surface area contributed by atoms with Crippen LogP contribution in [0.25, 0.3) is 0 Å². The number of fused-ring (bicyclic) bond motifs is 6. The lowest BCUT2D eigenvalue weighted by molar-refractivity contribution is 0.173. The molecule has 0 saturated heterocycles. The standard InChI is InChI=1S/C17H15NO3/c1-2-4-11-10(3-1)7-18-13-8-19-14-6-16-15(20-9-21-16)5-12(14)17(11)13/h1-6,13,17-18H,7-9H2/t13-,17-/m1/s1. The van der Waals surface area contributed by atoms with E-state index in [9.17, 15) is 0 Å². The summed E-state index contributed by atoms with van der Waals surface area (Å²) in [4.78, 5) is 0. The predicted octanol–water partition coefficient (Wildman–Crippen LogP) is 2.41. The summed E-state index contributed by atoms with van der Waals surface area (Å²) in [6.45, 7) is 1.88. The molecule has 21 heavy (non-hydrogen) atoms. The van der Waals surface area contributed by atoms with Gasteiger partial charge >= 0.3 is 0 Å². The second-order valence-corrected chi connectivity index (χ2v) is 5.72. The van der Waals surface area contributed by atoms with Crippen LogP contribution in [-0.2, 0) is 6.54 Å². The highest BCUT2D eigenvalue weighted by Crippen LogP contribution is 2.47. The van der Waals surface area contributed by atoms with E-state index in [2.05, 4.69) is 35.6 Å². The lowest BCUT2D eigenvalue weighted by atomic mass is 9.78. The van der Waals surface area contributed by atoms with Gasteiger partial charge in [-0.25, -0.2) is 0 Å². The third-order valence-corrected chi connectivity index (χ3v) is 4.61. The number of nitrogens with one attached hydrogen (secondary N) is 1. The van der Waals surface area contributed by atoms with Gasteiger partial charge in [-0.1, -0.05) is 24.3 Å². The molecule has 0 spiro atoms. The zero-order valence-corrected chi connectivity index (χ0v) is 11.5. The molecule has 0 radical (unpaired) electrons. The number of benzene rings is 2. The Morgan fingerprint density at radius 1 is 0.905 bits per heavy atom. The minimum atomic E-state index is 0.293. The number of ether oxygens (including phenoxy) is 3. The van der Waals surface area contributed by atoms with Gasteiger partial charge in [0.1, 0.15) is 12.4 Å². The van der Waals surface area contributed by atoms with Crippen molar-refractivity contribution in [1.29, 1.82) is 0 Å². The van der Waals surface area contributed by atoms with Crippen molar-refractivity contribution in [1.82, 2.24) is 5.32 Å². The highest BCUT2D eigenvalue weighted by molar-refractivity contribution is 5.57. The molecule has 2 aromatic carbocycles. The van der Waals surface area contributed by atoms with E-state index >= 15 is 0 Å². The molecule has 0 unspecified atom stereocenters. The zero-order chi connectivity index (χ0) is 13.8. The molecule has 0 aliphatic carbocycles. The maximum atomic E-state index is 5.94. The van der Waals surface area contributed by atoms with Crippen LogP contribution in [0.15, 0.2) is 36.4 Å². The molecule has 3 aliphatic heterocycles. The van der Waals surface area contributed by atoms with Crippen LogP contribution < -0.4 is 19.5 Å². The second-order valence-electron chi connectivity index (χ2n) is 5.72. The molecule has 3 heterocycles. The minimum Gasteiger partial charge on any atom is -0.491 e. The Morgan fingerprint density at radius 3 is 2.71 bits per heavy atom. The van der Waals surface area contributed by atoms with Crippen LogP contribution in [0.4, 0.5) is 0 Å². The maximum absolute atomic E-state index is 5.94. The third-order valence-electron chi connectivity index (χ3n) is 4.61. The zero-order valence-electron chi connectivity index (χ0n) is 11.5. The van der Waals surface area contributed by atoms with Gasteiger partial charge in [0.05, 0.1) is 6.04 Å². The molecule has 2 atom stereocenters. The second kappa shape index (κ2) is 4.15. The highest BCUT2D eigenvalue weighted by atomic mass is 16.7. The third kappa shape index (κ3) is 1.59. The van der Waals surface area contributed by atoms with Gasteiger partial charge in [0.25, 0.3) is 0 Å². The van der Waals surface area contributed by atoms with E-state index in [1.807, 2.05) is 6.07 Å². The Morgan fingerprint density at radius 2 is 1.76 bits per heavy atom. The number of hydrogen-bond acceptors (Lipinski definition) is 4. The molecule has 1 N–H and O–H groups in total. The van der Waals surface area contributed by atoms with Crippen molar-refractivity contribution in [3.63, 3.8) is 0 Å². The van der Waals surface area contributed by atoms with E-state index in [4.69, 9.17) is 14.2 Å². The van der Waals surface area contributed by atoms with Crippen LogP contribution in [0.2, 0.25) is 0 Å². The van der Waals surface area contributed by atoms with E-state index in [1.54, 1.807) is 0 Å². The summed E-state index contributed by atoms with van der Waals surface area (Å²) < 4.78 is 16.9. The van der Waals surface area contributed by atoms with Gasteiger partial charge < -0.3 is 19.5 Å². The molecule has 4 heteroatoms. The van der Waals surface area contributed by atoms with E-state index in [0.29, 0.717) is 25.4 Å². The Labute approximate surface area is 122 Å². The minimum absolute atomic E-state index is 0.293. The summed E-state index contributed by atoms with van der Waals surface area (Å²) >= 11 is 0. The molecule has 0 bridgehead atoms.